The topological polar surface area (TPSA) is 84.0 Å². The van der Waals surface area contributed by atoms with Crippen LogP contribution in [0.5, 0.6) is 5.75 Å². The number of nitrogens with zero attached hydrogens (tertiary/aromatic N) is 3. The predicted molar refractivity (Wildman–Crippen MR) is 139 cm³/mol. The quantitative estimate of drug-likeness (QED) is 0.396. The summed E-state index contributed by atoms with van der Waals surface area (Å²) >= 11 is 1.99. The normalized spacial score (nSPS) is 21.8. The summed E-state index contributed by atoms with van der Waals surface area (Å²) in [5.41, 5.74) is 2.00. The smallest absolute Gasteiger partial charge is 0.233 e. The number of methoxy groups -OCH3 is 1. The number of thioether (sulfide) groups is 1. The largest absolute Gasteiger partial charge is 0.496 e. The molecule has 0 bridgehead atoms. The van der Waals surface area contributed by atoms with Gasteiger partial charge in [-0.15, -0.1) is 0 Å². The number of anilines is 4. The van der Waals surface area contributed by atoms with E-state index in [1.54, 1.807) is 7.11 Å². The molecule has 33 heavy (non-hydrogen) atoms. The molecular formula is C25H38N6OS. The predicted octanol–water partition coefficient (Wildman–Crippen LogP) is 6.15. The number of ether oxygens (including phenoxy) is 1. The minimum absolute atomic E-state index is 0.414. The van der Waals surface area contributed by atoms with E-state index in [4.69, 9.17) is 19.7 Å². The summed E-state index contributed by atoms with van der Waals surface area (Å²) < 4.78 is 5.39. The zero-order valence-electron chi connectivity index (χ0n) is 20.2. The minimum Gasteiger partial charge on any atom is -0.496 e. The van der Waals surface area contributed by atoms with Gasteiger partial charge in [0, 0.05) is 23.0 Å². The zero-order chi connectivity index (χ0) is 23.0. The van der Waals surface area contributed by atoms with Crippen molar-refractivity contribution in [3.8, 4) is 5.75 Å². The highest BCUT2D eigenvalue weighted by Gasteiger charge is 2.22. The summed E-state index contributed by atoms with van der Waals surface area (Å²) in [6, 6.07) is 6.85. The molecular weight excluding hydrogens is 432 g/mol. The molecule has 2 saturated carbocycles. The maximum atomic E-state index is 5.39. The van der Waals surface area contributed by atoms with E-state index < -0.39 is 0 Å². The fraction of sp³-hybridized carbons (Fsp3) is 0.640. The van der Waals surface area contributed by atoms with Crippen molar-refractivity contribution in [1.29, 1.82) is 0 Å². The Morgan fingerprint density at radius 1 is 0.818 bits per heavy atom. The fourth-order valence-corrected chi connectivity index (χ4v) is 5.62. The van der Waals surface area contributed by atoms with Crippen molar-refractivity contribution in [1.82, 2.24) is 15.0 Å². The van der Waals surface area contributed by atoms with Crippen LogP contribution in [-0.4, -0.2) is 45.7 Å². The lowest BCUT2D eigenvalue weighted by Crippen LogP contribution is -2.28. The third kappa shape index (κ3) is 6.88. The van der Waals surface area contributed by atoms with Gasteiger partial charge in [-0.1, -0.05) is 25.7 Å². The number of nitrogens with one attached hydrogen (secondary N) is 3. The van der Waals surface area contributed by atoms with Crippen molar-refractivity contribution < 1.29 is 4.74 Å². The van der Waals surface area contributed by atoms with Crippen LogP contribution in [-0.2, 0) is 0 Å². The van der Waals surface area contributed by atoms with E-state index in [-0.39, 0.29) is 0 Å². The molecule has 0 spiro atoms. The monoisotopic (exact) mass is 470 g/mol. The van der Waals surface area contributed by atoms with Crippen molar-refractivity contribution in [2.45, 2.75) is 88.5 Å². The van der Waals surface area contributed by atoms with E-state index in [0.29, 0.717) is 29.9 Å². The molecule has 0 atom stereocenters. The van der Waals surface area contributed by atoms with Gasteiger partial charge in [-0.2, -0.15) is 26.7 Å². The lowest BCUT2D eigenvalue weighted by atomic mass is 9.95. The number of rotatable bonds is 8. The molecule has 180 valence electrons. The van der Waals surface area contributed by atoms with Crippen LogP contribution in [0.25, 0.3) is 0 Å². The van der Waals surface area contributed by atoms with Crippen LogP contribution < -0.4 is 20.7 Å². The summed E-state index contributed by atoms with van der Waals surface area (Å²) in [5, 5.41) is 11.4. The van der Waals surface area contributed by atoms with Crippen LogP contribution in [0.4, 0.5) is 23.5 Å². The van der Waals surface area contributed by atoms with Gasteiger partial charge in [-0.05, 0) is 75.5 Å². The second kappa shape index (κ2) is 11.8. The average Bonchev–Trinajstić information content (AvgIpc) is 3.08. The number of aryl methyl sites for hydroxylation is 1. The van der Waals surface area contributed by atoms with Crippen LogP contribution in [0, 0.1) is 6.92 Å². The first-order chi connectivity index (χ1) is 16.1. The molecule has 0 aliphatic heterocycles. The summed E-state index contributed by atoms with van der Waals surface area (Å²) in [6.45, 7) is 2.04. The van der Waals surface area contributed by atoms with Gasteiger partial charge in [0.1, 0.15) is 5.75 Å². The summed E-state index contributed by atoms with van der Waals surface area (Å²) in [4.78, 5) is 14.2. The highest BCUT2D eigenvalue weighted by molar-refractivity contribution is 7.99. The molecule has 1 heterocycles. The maximum Gasteiger partial charge on any atom is 0.233 e. The van der Waals surface area contributed by atoms with E-state index in [1.807, 2.05) is 30.8 Å². The Labute approximate surface area is 202 Å². The Bertz CT molecular complexity index is 894. The van der Waals surface area contributed by atoms with Gasteiger partial charge in [0.15, 0.2) is 0 Å². The number of aromatic nitrogens is 3. The number of benzene rings is 1. The third-order valence-electron chi connectivity index (χ3n) is 6.82. The molecule has 8 heteroatoms. The van der Waals surface area contributed by atoms with E-state index in [2.05, 4.69) is 28.3 Å². The number of hydrogen-bond donors (Lipinski definition) is 3. The second-order valence-electron chi connectivity index (χ2n) is 9.30. The fourth-order valence-electron chi connectivity index (χ4n) is 4.88. The van der Waals surface area contributed by atoms with Gasteiger partial charge < -0.3 is 20.7 Å². The van der Waals surface area contributed by atoms with Crippen molar-refractivity contribution in [2.24, 2.45) is 0 Å². The lowest BCUT2D eigenvalue weighted by molar-refractivity contribution is 0.412. The Balaban J connectivity index is 1.52. The zero-order valence-corrected chi connectivity index (χ0v) is 21.0. The highest BCUT2D eigenvalue weighted by atomic mass is 32.2. The van der Waals surface area contributed by atoms with Crippen LogP contribution in [0.15, 0.2) is 18.2 Å². The van der Waals surface area contributed by atoms with Crippen molar-refractivity contribution >= 4 is 35.3 Å². The summed E-state index contributed by atoms with van der Waals surface area (Å²) in [7, 11) is 1.69. The molecule has 0 radical (unpaired) electrons. The standard InChI is InChI=1S/C25H38N6OS/c1-17-16-20(12-15-22(17)32-2)28-25-30-23(26-18-8-6-4-5-7-9-18)29-24(31-25)27-19-10-13-21(33-3)14-11-19/h12,15-16,18-19,21H,4-11,13-14H2,1-3H3,(H3,26,27,28,29,30,31). The summed E-state index contributed by atoms with van der Waals surface area (Å²) in [6.07, 6.45) is 14.5. The molecule has 0 saturated heterocycles. The van der Waals surface area contributed by atoms with Gasteiger partial charge in [0.25, 0.3) is 0 Å². The van der Waals surface area contributed by atoms with E-state index in [1.165, 1.54) is 51.4 Å². The Hall–Kier alpha value is -2.22. The van der Waals surface area contributed by atoms with Crippen molar-refractivity contribution in [3.05, 3.63) is 23.8 Å². The second-order valence-corrected chi connectivity index (χ2v) is 10.4. The molecule has 2 aliphatic carbocycles. The molecule has 2 aromatic rings. The molecule has 1 aromatic carbocycles. The molecule has 7 nitrogen and oxygen atoms in total. The first kappa shape index (κ1) is 23.9. The van der Waals surface area contributed by atoms with Gasteiger partial charge in [0.2, 0.25) is 17.8 Å². The van der Waals surface area contributed by atoms with E-state index >= 15 is 0 Å². The lowest BCUT2D eigenvalue weighted by Gasteiger charge is -2.28. The van der Waals surface area contributed by atoms with Crippen LogP contribution >= 0.6 is 11.8 Å². The average molecular weight is 471 g/mol. The SMILES string of the molecule is COc1ccc(Nc2nc(NC3CCCCCC3)nc(NC3CCC(SC)CC3)n2)cc1C. The molecule has 3 N–H and O–H groups in total. The Kier molecular flexibility index (Phi) is 8.53. The maximum absolute atomic E-state index is 5.39. The molecule has 4 rings (SSSR count). The van der Waals surface area contributed by atoms with Crippen LogP contribution in [0.1, 0.15) is 69.8 Å². The first-order valence-corrected chi connectivity index (χ1v) is 13.7. The van der Waals surface area contributed by atoms with Crippen LogP contribution in [0.2, 0.25) is 0 Å². The molecule has 0 unspecified atom stereocenters. The van der Waals surface area contributed by atoms with Gasteiger partial charge in [0.05, 0.1) is 7.11 Å². The van der Waals surface area contributed by atoms with Gasteiger partial charge >= 0.3 is 0 Å². The molecule has 1 aromatic heterocycles. The Morgan fingerprint density at radius 2 is 1.42 bits per heavy atom. The minimum atomic E-state index is 0.414. The van der Waals surface area contributed by atoms with Gasteiger partial charge in [-0.25, -0.2) is 0 Å². The Morgan fingerprint density at radius 3 is 2.00 bits per heavy atom. The molecule has 2 aliphatic rings. The van der Waals surface area contributed by atoms with Crippen LogP contribution in [0.3, 0.4) is 0 Å². The van der Waals surface area contributed by atoms with E-state index in [0.717, 1.165) is 35.1 Å². The third-order valence-corrected chi connectivity index (χ3v) is 7.95. The summed E-state index contributed by atoms with van der Waals surface area (Å²) in [5.74, 6) is 2.74. The molecule has 2 fully saturated rings. The molecule has 0 amide bonds. The van der Waals surface area contributed by atoms with Gasteiger partial charge in [-0.3, -0.25) is 0 Å². The van der Waals surface area contributed by atoms with Crippen molar-refractivity contribution in [3.63, 3.8) is 0 Å². The van der Waals surface area contributed by atoms with E-state index in [9.17, 15) is 0 Å². The number of hydrogen-bond acceptors (Lipinski definition) is 8. The highest BCUT2D eigenvalue weighted by Crippen LogP contribution is 2.29. The van der Waals surface area contributed by atoms with Crippen molar-refractivity contribution in [2.75, 3.05) is 29.3 Å². The first-order valence-electron chi connectivity index (χ1n) is 12.4.